The fraction of sp³-hybridized carbons (Fsp3) is 0.875. The molecular weight excluding hydrogens is 268 g/mol. The van der Waals surface area contributed by atoms with Crippen LogP contribution in [0, 0.1) is 10.8 Å². The molecule has 21 heavy (non-hydrogen) atoms. The Morgan fingerprint density at radius 1 is 1.05 bits per heavy atom. The van der Waals surface area contributed by atoms with Gasteiger partial charge in [0.1, 0.15) is 0 Å². The Morgan fingerprint density at radius 2 is 1.67 bits per heavy atom. The van der Waals surface area contributed by atoms with E-state index in [0.29, 0.717) is 32.4 Å². The third kappa shape index (κ3) is 3.33. The number of carbonyl (C=O) groups excluding carboxylic acids is 1. The van der Waals surface area contributed by atoms with Crippen LogP contribution in [0.15, 0.2) is 0 Å². The zero-order chi connectivity index (χ0) is 15.7. The molecule has 2 saturated heterocycles. The fourth-order valence-corrected chi connectivity index (χ4v) is 3.63. The van der Waals surface area contributed by atoms with Crippen LogP contribution in [0.2, 0.25) is 0 Å². The van der Waals surface area contributed by atoms with Crippen molar-refractivity contribution in [2.45, 2.75) is 52.9 Å². The number of likely N-dealkylation sites (tertiary alicyclic amines) is 2. The smallest absolute Gasteiger partial charge is 0.320 e. The Kier molecular flexibility index (Phi) is 4.49. The third-order valence-electron chi connectivity index (χ3n) is 5.29. The summed E-state index contributed by atoms with van der Waals surface area (Å²) in [6.45, 7) is 9.10. The Balaban J connectivity index is 1.96. The summed E-state index contributed by atoms with van der Waals surface area (Å²) in [5.41, 5.74) is -0.435. The quantitative estimate of drug-likeness (QED) is 0.852. The number of aliphatic carboxylic acids is 1. The van der Waals surface area contributed by atoms with Gasteiger partial charge in [-0.25, -0.2) is 4.79 Å². The Labute approximate surface area is 127 Å². The van der Waals surface area contributed by atoms with Crippen LogP contribution >= 0.6 is 0 Å². The number of rotatable bonds is 2. The van der Waals surface area contributed by atoms with Crippen LogP contribution in [0.5, 0.6) is 0 Å². The molecule has 0 aromatic rings. The SMILES string of the molecule is CCC1(C(=O)O)CCN(C(=O)N2CCCC(C)(C)C2)CC1. The second-order valence-electron chi connectivity index (χ2n) is 7.40. The molecule has 120 valence electrons. The molecule has 0 spiro atoms. The Hall–Kier alpha value is -1.26. The first-order valence-corrected chi connectivity index (χ1v) is 8.07. The van der Waals surface area contributed by atoms with E-state index in [9.17, 15) is 14.7 Å². The molecule has 0 bridgehead atoms. The zero-order valence-corrected chi connectivity index (χ0v) is 13.5. The molecule has 0 saturated carbocycles. The lowest BCUT2D eigenvalue weighted by Crippen LogP contribution is -2.53. The van der Waals surface area contributed by atoms with Crippen molar-refractivity contribution < 1.29 is 14.7 Å². The molecule has 0 aromatic carbocycles. The highest BCUT2D eigenvalue weighted by Crippen LogP contribution is 2.36. The molecule has 1 N–H and O–H groups in total. The normalized spacial score (nSPS) is 24.7. The number of nitrogens with zero attached hydrogens (tertiary/aromatic N) is 2. The van der Waals surface area contributed by atoms with Crippen LogP contribution in [0.3, 0.4) is 0 Å². The van der Waals surface area contributed by atoms with E-state index in [1.54, 1.807) is 0 Å². The Bertz CT molecular complexity index is 412. The lowest BCUT2D eigenvalue weighted by molar-refractivity contribution is -0.152. The molecule has 2 rings (SSSR count). The molecule has 5 heteroatoms. The van der Waals surface area contributed by atoms with Gasteiger partial charge >= 0.3 is 12.0 Å². The minimum Gasteiger partial charge on any atom is -0.481 e. The van der Waals surface area contributed by atoms with E-state index in [1.165, 1.54) is 0 Å². The van der Waals surface area contributed by atoms with Crippen LogP contribution in [0.4, 0.5) is 4.79 Å². The van der Waals surface area contributed by atoms with Gasteiger partial charge in [-0.1, -0.05) is 20.8 Å². The number of amides is 2. The van der Waals surface area contributed by atoms with Gasteiger partial charge in [0.25, 0.3) is 0 Å². The zero-order valence-electron chi connectivity index (χ0n) is 13.5. The molecule has 5 nitrogen and oxygen atoms in total. The van der Waals surface area contributed by atoms with Crippen molar-refractivity contribution in [3.63, 3.8) is 0 Å². The molecule has 2 aliphatic rings. The summed E-state index contributed by atoms with van der Waals surface area (Å²) >= 11 is 0. The van der Waals surface area contributed by atoms with Gasteiger partial charge in [-0.3, -0.25) is 4.79 Å². The second kappa shape index (κ2) is 5.85. The minimum atomic E-state index is -0.712. The first kappa shape index (κ1) is 16.1. The van der Waals surface area contributed by atoms with E-state index in [4.69, 9.17) is 0 Å². The minimum absolute atomic E-state index is 0.0952. The summed E-state index contributed by atoms with van der Waals surface area (Å²) < 4.78 is 0. The van der Waals surface area contributed by atoms with Gasteiger partial charge in [-0.15, -0.1) is 0 Å². The molecule has 2 amide bonds. The van der Waals surface area contributed by atoms with E-state index < -0.39 is 11.4 Å². The second-order valence-corrected chi connectivity index (χ2v) is 7.40. The first-order valence-electron chi connectivity index (χ1n) is 8.07. The molecule has 0 aromatic heterocycles. The first-order chi connectivity index (χ1) is 9.80. The van der Waals surface area contributed by atoms with Crippen LogP contribution in [-0.4, -0.2) is 53.1 Å². The molecule has 0 aliphatic carbocycles. The van der Waals surface area contributed by atoms with Gasteiger partial charge in [0.15, 0.2) is 0 Å². The van der Waals surface area contributed by atoms with E-state index in [2.05, 4.69) is 13.8 Å². The van der Waals surface area contributed by atoms with Crippen LogP contribution in [-0.2, 0) is 4.79 Å². The van der Waals surface area contributed by atoms with E-state index >= 15 is 0 Å². The molecule has 0 unspecified atom stereocenters. The fourth-order valence-electron chi connectivity index (χ4n) is 3.63. The number of carboxylic acids is 1. The highest BCUT2D eigenvalue weighted by molar-refractivity contribution is 5.77. The van der Waals surface area contributed by atoms with E-state index in [1.807, 2.05) is 16.7 Å². The maximum Gasteiger partial charge on any atom is 0.320 e. The molecule has 0 radical (unpaired) electrons. The summed E-state index contributed by atoms with van der Waals surface area (Å²) in [6, 6.07) is 0.0952. The van der Waals surface area contributed by atoms with Gasteiger partial charge in [0.05, 0.1) is 5.41 Å². The van der Waals surface area contributed by atoms with Crippen LogP contribution in [0.1, 0.15) is 52.9 Å². The summed E-state index contributed by atoms with van der Waals surface area (Å²) in [7, 11) is 0. The van der Waals surface area contributed by atoms with Crippen molar-refractivity contribution in [2.24, 2.45) is 10.8 Å². The topological polar surface area (TPSA) is 60.9 Å². The predicted octanol–water partition coefficient (Wildman–Crippen LogP) is 2.81. The van der Waals surface area contributed by atoms with Gasteiger partial charge in [-0.05, 0) is 37.5 Å². The average molecular weight is 296 g/mol. The highest BCUT2D eigenvalue weighted by Gasteiger charge is 2.42. The largest absolute Gasteiger partial charge is 0.481 e. The van der Waals surface area contributed by atoms with Crippen LogP contribution in [0.25, 0.3) is 0 Å². The standard InChI is InChI=1S/C16H28N2O3/c1-4-16(13(19)20)7-10-17(11-8-16)14(21)18-9-5-6-15(2,3)12-18/h4-12H2,1-3H3,(H,19,20). The highest BCUT2D eigenvalue weighted by atomic mass is 16.4. The van der Waals surface area contributed by atoms with Crippen molar-refractivity contribution >= 4 is 12.0 Å². The Morgan fingerprint density at radius 3 is 2.14 bits per heavy atom. The lowest BCUT2D eigenvalue weighted by atomic mass is 9.76. The summed E-state index contributed by atoms with van der Waals surface area (Å²) in [5, 5.41) is 9.42. The van der Waals surface area contributed by atoms with E-state index in [0.717, 1.165) is 25.9 Å². The summed E-state index contributed by atoms with van der Waals surface area (Å²) in [5.74, 6) is -0.712. The van der Waals surface area contributed by atoms with E-state index in [-0.39, 0.29) is 11.4 Å². The number of carbonyl (C=O) groups is 2. The number of hydrogen-bond donors (Lipinski definition) is 1. The van der Waals surface area contributed by atoms with Crippen molar-refractivity contribution in [3.8, 4) is 0 Å². The maximum absolute atomic E-state index is 12.6. The number of piperidine rings is 2. The molecule has 2 heterocycles. The van der Waals surface area contributed by atoms with Gasteiger partial charge in [0, 0.05) is 26.2 Å². The number of carboxylic acid groups (broad SMARTS) is 1. The van der Waals surface area contributed by atoms with Crippen molar-refractivity contribution in [2.75, 3.05) is 26.2 Å². The average Bonchev–Trinajstić information content (AvgIpc) is 2.45. The number of urea groups is 1. The third-order valence-corrected chi connectivity index (χ3v) is 5.29. The monoisotopic (exact) mass is 296 g/mol. The molecule has 2 fully saturated rings. The maximum atomic E-state index is 12.6. The molecular formula is C16H28N2O3. The molecule has 2 aliphatic heterocycles. The van der Waals surface area contributed by atoms with Crippen molar-refractivity contribution in [1.82, 2.24) is 9.80 Å². The van der Waals surface area contributed by atoms with Crippen LogP contribution < -0.4 is 0 Å². The molecule has 0 atom stereocenters. The van der Waals surface area contributed by atoms with Gasteiger partial charge in [0.2, 0.25) is 0 Å². The van der Waals surface area contributed by atoms with Gasteiger partial charge < -0.3 is 14.9 Å². The van der Waals surface area contributed by atoms with Crippen molar-refractivity contribution in [1.29, 1.82) is 0 Å². The summed E-state index contributed by atoms with van der Waals surface area (Å²) in [6.07, 6.45) is 4.00. The summed E-state index contributed by atoms with van der Waals surface area (Å²) in [4.78, 5) is 27.9. The van der Waals surface area contributed by atoms with Gasteiger partial charge in [-0.2, -0.15) is 0 Å². The lowest BCUT2D eigenvalue weighted by Gasteiger charge is -2.43. The predicted molar refractivity (Wildman–Crippen MR) is 81.2 cm³/mol. The van der Waals surface area contributed by atoms with Crippen molar-refractivity contribution in [3.05, 3.63) is 0 Å². The number of hydrogen-bond acceptors (Lipinski definition) is 2.